The van der Waals surface area contributed by atoms with E-state index in [4.69, 9.17) is 0 Å². The zero-order valence-corrected chi connectivity index (χ0v) is 9.44. The van der Waals surface area contributed by atoms with E-state index >= 15 is 0 Å². The molecule has 0 bridgehead atoms. The average Bonchev–Trinajstić information content (AvgIpc) is 0. The van der Waals surface area contributed by atoms with Gasteiger partial charge in [0.1, 0.15) is 0 Å². The Morgan fingerprint density at radius 2 is 1.00 bits per heavy atom. The number of rotatable bonds is 0. The maximum absolute atomic E-state index is 0. The largest absolute Gasteiger partial charge is 4.00 e. The van der Waals surface area contributed by atoms with E-state index in [0.717, 1.165) is 0 Å². The van der Waals surface area contributed by atoms with Crippen molar-refractivity contribution in [1.82, 2.24) is 0 Å². The van der Waals surface area contributed by atoms with Gasteiger partial charge in [-0.2, -0.15) is 0 Å². The van der Waals surface area contributed by atoms with E-state index in [1.54, 1.807) is 0 Å². The first kappa shape index (κ1) is 62.2. The van der Waals surface area contributed by atoms with Gasteiger partial charge in [0.05, 0.1) is 0 Å². The Kier molecular flexibility index (Phi) is 441. The second-order valence-corrected chi connectivity index (χ2v) is 0. The summed E-state index contributed by atoms with van der Waals surface area (Å²) in [6, 6.07) is 0. The zero-order valence-electron chi connectivity index (χ0n) is 3.04. The van der Waals surface area contributed by atoms with Crippen LogP contribution in [0.3, 0.4) is 0 Å². The SMILES string of the molecule is [Co+2].[Cu+2].[Li+].[O-2].[Sn+4].[Ti+4]. The summed E-state index contributed by atoms with van der Waals surface area (Å²) in [5, 5.41) is 0. The molecule has 24 valence electrons. The molecule has 0 spiro atoms. The Balaban J connectivity index is 0. The van der Waals surface area contributed by atoms with Crippen LogP contribution in [0.2, 0.25) is 0 Å². The van der Waals surface area contributed by atoms with Crippen molar-refractivity contribution in [2.24, 2.45) is 0 Å². The quantitative estimate of drug-likeness (QED) is 0.416. The molecule has 0 aromatic rings. The summed E-state index contributed by atoms with van der Waals surface area (Å²) >= 11 is 0. The van der Waals surface area contributed by atoms with Crippen LogP contribution in [0, 0.1) is 0 Å². The average molecular weight is 312 g/mol. The van der Waals surface area contributed by atoms with Crippen molar-refractivity contribution in [2.75, 3.05) is 0 Å². The molecule has 0 aromatic carbocycles. The van der Waals surface area contributed by atoms with Gasteiger partial charge in [-0.25, -0.2) is 0 Å². The third-order valence-corrected chi connectivity index (χ3v) is 0. The molecule has 2 radical (unpaired) electrons. The van der Waals surface area contributed by atoms with Gasteiger partial charge in [-0.05, 0) is 0 Å². The molecule has 0 amide bonds. The van der Waals surface area contributed by atoms with Gasteiger partial charge in [-0.3, -0.25) is 0 Å². The fourth-order valence-corrected chi connectivity index (χ4v) is 0. The van der Waals surface area contributed by atoms with Gasteiger partial charge < -0.3 is 5.48 Å². The van der Waals surface area contributed by atoms with Gasteiger partial charge in [-0.15, -0.1) is 0 Å². The van der Waals surface area contributed by atoms with Crippen LogP contribution in [-0.2, 0) is 61.0 Å². The molecule has 0 saturated carbocycles. The van der Waals surface area contributed by atoms with Crippen LogP contribution in [0.25, 0.3) is 0 Å². The first-order chi connectivity index (χ1) is 0. The van der Waals surface area contributed by atoms with E-state index in [9.17, 15) is 0 Å². The first-order valence-electron chi connectivity index (χ1n) is 0. The molecule has 0 rings (SSSR count). The minimum Gasteiger partial charge on any atom is -2.00 e. The summed E-state index contributed by atoms with van der Waals surface area (Å²) in [7, 11) is 0. The fraction of sp³-hybridized carbons (Fsp3) is 0. The minimum absolute atomic E-state index is 0. The van der Waals surface area contributed by atoms with Crippen molar-refractivity contribution in [3.05, 3.63) is 0 Å². The Morgan fingerprint density at radius 3 is 1.00 bits per heavy atom. The van der Waals surface area contributed by atoms with Crippen molar-refractivity contribution in [3.8, 4) is 0 Å². The van der Waals surface area contributed by atoms with Crippen LogP contribution >= 0.6 is 0 Å². The molecular weight excluding hydrogens is 312 g/mol. The normalized spacial score (nSPS) is 0. The van der Waals surface area contributed by atoms with Gasteiger partial charge in [0, 0.05) is 0 Å². The maximum Gasteiger partial charge on any atom is 4.00 e. The van der Waals surface area contributed by atoms with E-state index in [0.29, 0.717) is 0 Å². The van der Waals surface area contributed by atoms with Crippen molar-refractivity contribution < 1.29 is 79.9 Å². The van der Waals surface area contributed by atoms with Crippen LogP contribution in [-0.4, -0.2) is 23.9 Å². The third-order valence-electron chi connectivity index (χ3n) is 0. The van der Waals surface area contributed by atoms with Gasteiger partial charge in [-0.1, -0.05) is 0 Å². The molecule has 0 aliphatic rings. The number of hydrogen-bond acceptors (Lipinski definition) is 0. The molecule has 6 heteroatoms. The van der Waals surface area contributed by atoms with Crippen LogP contribution in [0.5, 0.6) is 0 Å². The topological polar surface area (TPSA) is 28.5 Å². The molecule has 0 aliphatic carbocycles. The monoisotopic (exact) mass is 313 g/mol. The van der Waals surface area contributed by atoms with E-state index in [-0.39, 0.29) is 104 Å². The van der Waals surface area contributed by atoms with Crippen molar-refractivity contribution in [3.63, 3.8) is 0 Å². The molecule has 0 atom stereocenters. The van der Waals surface area contributed by atoms with Crippen molar-refractivity contribution in [1.29, 1.82) is 0 Å². The van der Waals surface area contributed by atoms with E-state index in [1.165, 1.54) is 0 Å². The van der Waals surface area contributed by atoms with Crippen LogP contribution < -0.4 is 18.9 Å². The summed E-state index contributed by atoms with van der Waals surface area (Å²) in [5.74, 6) is 0. The summed E-state index contributed by atoms with van der Waals surface area (Å²) < 4.78 is 0. The molecule has 0 aromatic heterocycles. The molecular formula is CoCuLiOSnTi+11. The second-order valence-electron chi connectivity index (χ2n) is 0. The molecule has 0 fully saturated rings. The summed E-state index contributed by atoms with van der Waals surface area (Å²) in [6.07, 6.45) is 0. The molecule has 0 unspecified atom stereocenters. The molecule has 6 heavy (non-hydrogen) atoms. The Morgan fingerprint density at radius 1 is 1.00 bits per heavy atom. The van der Waals surface area contributed by atoms with E-state index in [1.807, 2.05) is 0 Å². The van der Waals surface area contributed by atoms with Gasteiger partial charge >= 0.3 is 98.3 Å². The molecule has 0 aliphatic heterocycles. The Bertz CT molecular complexity index is 15.5. The zero-order chi connectivity index (χ0) is 0. The standard InChI is InChI=1S/Co.Cu.Li.O.Sn.Ti/q2*+2;+1;-2;2*+4. The molecule has 0 saturated heterocycles. The molecule has 1 nitrogen and oxygen atoms in total. The Labute approximate surface area is 102 Å². The third kappa shape index (κ3) is 27.5. The van der Waals surface area contributed by atoms with Gasteiger partial charge in [0.25, 0.3) is 0 Å². The smallest absolute Gasteiger partial charge is 2.00 e. The molecule has 0 N–H and O–H groups in total. The summed E-state index contributed by atoms with van der Waals surface area (Å²) in [6.45, 7) is 0. The van der Waals surface area contributed by atoms with Gasteiger partial charge in [0.15, 0.2) is 0 Å². The fourth-order valence-electron chi connectivity index (χ4n) is 0. The second kappa shape index (κ2) is 42.5. The summed E-state index contributed by atoms with van der Waals surface area (Å²) in [5.41, 5.74) is 0. The maximum atomic E-state index is 0. The number of hydrogen-bond donors (Lipinski definition) is 0. The summed E-state index contributed by atoms with van der Waals surface area (Å²) in [4.78, 5) is 0. The predicted octanol–water partition coefficient (Wildman–Crippen LogP) is -3.50. The van der Waals surface area contributed by atoms with Crippen molar-refractivity contribution in [2.45, 2.75) is 0 Å². The van der Waals surface area contributed by atoms with Crippen LogP contribution in [0.1, 0.15) is 0 Å². The van der Waals surface area contributed by atoms with Crippen LogP contribution in [0.4, 0.5) is 0 Å². The van der Waals surface area contributed by atoms with E-state index < -0.39 is 0 Å². The Hall–Kier alpha value is 3.10. The first-order valence-corrected chi connectivity index (χ1v) is 0. The minimum atomic E-state index is 0. The van der Waals surface area contributed by atoms with Crippen molar-refractivity contribution >= 4 is 23.9 Å². The van der Waals surface area contributed by atoms with Gasteiger partial charge in [0.2, 0.25) is 0 Å². The predicted molar refractivity (Wildman–Crippen MR) is 6.44 cm³/mol. The molecule has 0 heterocycles. The van der Waals surface area contributed by atoms with E-state index in [2.05, 4.69) is 0 Å². The van der Waals surface area contributed by atoms with Crippen LogP contribution in [0.15, 0.2) is 0 Å².